The van der Waals surface area contributed by atoms with Crippen LogP contribution < -0.4 is 10.5 Å². The third kappa shape index (κ3) is 2.60. The first-order valence-electron chi connectivity index (χ1n) is 5.71. The molecule has 0 spiro atoms. The molecule has 2 rings (SSSR count). The van der Waals surface area contributed by atoms with Crippen LogP contribution in [-0.2, 0) is 0 Å². The maximum Gasteiger partial charge on any atom is 0.178 e. The first-order chi connectivity index (χ1) is 8.04. The number of rotatable bonds is 5. The molecule has 0 unspecified atom stereocenters. The first-order valence-corrected chi connectivity index (χ1v) is 7.75. The standard InChI is InChI=1S/C12H17NO2S2/c1-6(2)15-10-8(13)11(17-12(10)16-3)9(14)7-4-5-7/h6-7H,4-5,13H2,1-3H3. The predicted molar refractivity (Wildman–Crippen MR) is 73.3 cm³/mol. The minimum atomic E-state index is 0.0710. The molecule has 1 fully saturated rings. The van der Waals surface area contributed by atoms with Crippen LogP contribution in [0.15, 0.2) is 4.21 Å². The van der Waals surface area contributed by atoms with E-state index in [1.807, 2.05) is 20.1 Å². The number of Topliss-reactive ketones (excluding diaryl/α,β-unsaturated/α-hetero) is 1. The SMILES string of the molecule is CSc1sc(C(=O)C2CC2)c(N)c1OC(C)C. The minimum Gasteiger partial charge on any atom is -0.487 e. The van der Waals surface area contributed by atoms with Gasteiger partial charge in [-0.25, -0.2) is 0 Å². The van der Waals surface area contributed by atoms with E-state index in [9.17, 15) is 4.79 Å². The lowest BCUT2D eigenvalue weighted by Gasteiger charge is -2.10. The lowest BCUT2D eigenvalue weighted by molar-refractivity contribution is 0.0972. The van der Waals surface area contributed by atoms with E-state index in [2.05, 4.69) is 0 Å². The molecule has 0 bridgehead atoms. The normalized spacial score (nSPS) is 15.3. The van der Waals surface area contributed by atoms with Gasteiger partial charge in [0, 0.05) is 5.92 Å². The van der Waals surface area contributed by atoms with Gasteiger partial charge in [-0.05, 0) is 32.9 Å². The second kappa shape index (κ2) is 4.90. The Kier molecular flexibility index (Phi) is 3.68. The fourth-order valence-electron chi connectivity index (χ4n) is 1.60. The van der Waals surface area contributed by atoms with Crippen molar-refractivity contribution in [2.75, 3.05) is 12.0 Å². The molecule has 5 heteroatoms. The summed E-state index contributed by atoms with van der Waals surface area (Å²) in [5.74, 6) is 1.10. The van der Waals surface area contributed by atoms with Crippen LogP contribution in [0, 0.1) is 5.92 Å². The molecule has 0 radical (unpaired) electrons. The molecule has 0 saturated heterocycles. The Hall–Kier alpha value is -0.680. The fourth-order valence-corrected chi connectivity index (χ4v) is 3.44. The molecular weight excluding hydrogens is 254 g/mol. The molecule has 1 saturated carbocycles. The van der Waals surface area contributed by atoms with Crippen LogP contribution in [-0.4, -0.2) is 18.1 Å². The van der Waals surface area contributed by atoms with Crippen molar-refractivity contribution in [2.45, 2.75) is 37.0 Å². The molecule has 17 heavy (non-hydrogen) atoms. The fraction of sp³-hybridized carbons (Fsp3) is 0.583. The van der Waals surface area contributed by atoms with Gasteiger partial charge in [0.1, 0.15) is 4.21 Å². The van der Waals surface area contributed by atoms with Crippen LogP contribution in [0.5, 0.6) is 5.75 Å². The highest BCUT2D eigenvalue weighted by Crippen LogP contribution is 2.46. The average molecular weight is 271 g/mol. The summed E-state index contributed by atoms with van der Waals surface area (Å²) < 4.78 is 6.71. The molecule has 94 valence electrons. The number of ketones is 1. The summed E-state index contributed by atoms with van der Waals surface area (Å²) in [6.45, 7) is 3.92. The van der Waals surface area contributed by atoms with Crippen LogP contribution >= 0.6 is 23.1 Å². The molecule has 2 N–H and O–H groups in total. The molecule has 1 heterocycles. The highest BCUT2D eigenvalue weighted by atomic mass is 32.2. The van der Waals surface area contributed by atoms with Gasteiger partial charge in [-0.1, -0.05) is 0 Å². The number of nitrogens with two attached hydrogens (primary N) is 1. The van der Waals surface area contributed by atoms with E-state index in [1.165, 1.54) is 11.3 Å². The number of thiophene rings is 1. The smallest absolute Gasteiger partial charge is 0.178 e. The van der Waals surface area contributed by atoms with Crippen molar-refractivity contribution in [3.63, 3.8) is 0 Å². The highest BCUT2D eigenvalue weighted by molar-refractivity contribution is 8.00. The lowest BCUT2D eigenvalue weighted by Crippen LogP contribution is -2.08. The van der Waals surface area contributed by atoms with Crippen molar-refractivity contribution < 1.29 is 9.53 Å². The van der Waals surface area contributed by atoms with Crippen LogP contribution in [0.3, 0.4) is 0 Å². The maximum absolute atomic E-state index is 12.1. The largest absolute Gasteiger partial charge is 0.487 e. The summed E-state index contributed by atoms with van der Waals surface area (Å²) in [6, 6.07) is 0. The summed E-state index contributed by atoms with van der Waals surface area (Å²) in [7, 11) is 0. The summed E-state index contributed by atoms with van der Waals surface area (Å²) >= 11 is 3.05. The number of hydrogen-bond acceptors (Lipinski definition) is 5. The molecule has 1 aliphatic carbocycles. The molecule has 0 aromatic carbocycles. The first kappa shape index (κ1) is 12.8. The van der Waals surface area contributed by atoms with Crippen LogP contribution in [0.2, 0.25) is 0 Å². The third-order valence-electron chi connectivity index (χ3n) is 2.58. The minimum absolute atomic E-state index is 0.0710. The van der Waals surface area contributed by atoms with Crippen molar-refractivity contribution in [1.82, 2.24) is 0 Å². The van der Waals surface area contributed by atoms with Crippen LogP contribution in [0.25, 0.3) is 0 Å². The van der Waals surface area contributed by atoms with Gasteiger partial charge in [0.05, 0.1) is 16.7 Å². The van der Waals surface area contributed by atoms with Crippen molar-refractivity contribution in [3.05, 3.63) is 4.88 Å². The Balaban J connectivity index is 2.33. The van der Waals surface area contributed by atoms with E-state index in [1.54, 1.807) is 11.8 Å². The zero-order valence-corrected chi connectivity index (χ0v) is 11.9. The third-order valence-corrected chi connectivity index (χ3v) is 4.88. The van der Waals surface area contributed by atoms with Crippen molar-refractivity contribution in [3.8, 4) is 5.75 Å². The van der Waals surface area contributed by atoms with Crippen molar-refractivity contribution in [1.29, 1.82) is 0 Å². The average Bonchev–Trinajstić information content (AvgIpc) is 3.06. The van der Waals surface area contributed by atoms with E-state index in [-0.39, 0.29) is 17.8 Å². The number of ether oxygens (including phenoxy) is 1. The number of carbonyl (C=O) groups is 1. The quantitative estimate of drug-likeness (QED) is 0.658. The van der Waals surface area contributed by atoms with E-state index < -0.39 is 0 Å². The molecule has 1 aromatic heterocycles. The molecule has 3 nitrogen and oxygen atoms in total. The lowest BCUT2D eigenvalue weighted by atomic mass is 10.2. The second-order valence-corrected chi connectivity index (χ2v) is 6.57. The number of hydrogen-bond donors (Lipinski definition) is 1. The van der Waals surface area contributed by atoms with Gasteiger partial charge in [-0.2, -0.15) is 0 Å². The molecular formula is C12H17NO2S2. The maximum atomic E-state index is 12.1. The number of anilines is 1. The zero-order chi connectivity index (χ0) is 12.6. The molecule has 1 aromatic rings. The Morgan fingerprint density at radius 3 is 2.65 bits per heavy atom. The van der Waals surface area contributed by atoms with Gasteiger partial charge >= 0.3 is 0 Å². The monoisotopic (exact) mass is 271 g/mol. The number of thioether (sulfide) groups is 1. The molecule has 0 atom stereocenters. The van der Waals surface area contributed by atoms with Crippen molar-refractivity contribution >= 4 is 34.6 Å². The summed E-state index contributed by atoms with van der Waals surface area (Å²) in [4.78, 5) is 12.7. The van der Waals surface area contributed by atoms with Gasteiger partial charge in [-0.15, -0.1) is 23.1 Å². The summed E-state index contributed by atoms with van der Waals surface area (Å²) in [6.07, 6.45) is 4.06. The number of carbonyl (C=O) groups excluding carboxylic acids is 1. The van der Waals surface area contributed by atoms with E-state index in [4.69, 9.17) is 10.5 Å². The Morgan fingerprint density at radius 2 is 2.18 bits per heavy atom. The molecule has 0 aliphatic heterocycles. The second-order valence-electron chi connectivity index (χ2n) is 4.47. The Labute approximate surface area is 110 Å². The van der Waals surface area contributed by atoms with E-state index in [0.29, 0.717) is 16.3 Å². The highest BCUT2D eigenvalue weighted by Gasteiger charge is 2.34. The van der Waals surface area contributed by atoms with Crippen LogP contribution in [0.1, 0.15) is 36.4 Å². The van der Waals surface area contributed by atoms with Gasteiger partial charge < -0.3 is 10.5 Å². The van der Waals surface area contributed by atoms with Gasteiger partial charge in [-0.3, -0.25) is 4.79 Å². The van der Waals surface area contributed by atoms with E-state index >= 15 is 0 Å². The Morgan fingerprint density at radius 1 is 1.53 bits per heavy atom. The Bertz CT molecular complexity index is 436. The summed E-state index contributed by atoms with van der Waals surface area (Å²) in [5, 5.41) is 0. The van der Waals surface area contributed by atoms with Crippen LogP contribution in [0.4, 0.5) is 5.69 Å². The number of nitrogen functional groups attached to an aromatic ring is 1. The molecule has 1 aliphatic rings. The topological polar surface area (TPSA) is 52.3 Å². The van der Waals surface area contributed by atoms with Crippen molar-refractivity contribution in [2.24, 2.45) is 5.92 Å². The van der Waals surface area contributed by atoms with Gasteiger partial charge in [0.15, 0.2) is 11.5 Å². The van der Waals surface area contributed by atoms with E-state index in [0.717, 1.165) is 17.1 Å². The summed E-state index contributed by atoms with van der Waals surface area (Å²) in [5.41, 5.74) is 6.58. The zero-order valence-electron chi connectivity index (χ0n) is 10.3. The van der Waals surface area contributed by atoms with Gasteiger partial charge in [0.25, 0.3) is 0 Å². The predicted octanol–water partition coefficient (Wildman–Crippen LogP) is 3.43. The molecule has 0 amide bonds. The van der Waals surface area contributed by atoms with Gasteiger partial charge in [0.2, 0.25) is 0 Å².